The highest BCUT2D eigenvalue weighted by Crippen LogP contribution is 2.27. The lowest BCUT2D eigenvalue weighted by atomic mass is 10.1. The topological polar surface area (TPSA) is 102 Å². The third-order valence-electron chi connectivity index (χ3n) is 2.89. The number of amides is 1. The molecule has 1 rings (SSSR count). The molecule has 0 aromatic heterocycles. The molecule has 0 aliphatic rings. The van der Waals surface area contributed by atoms with Crippen LogP contribution in [0.3, 0.4) is 0 Å². The molecule has 1 unspecified atom stereocenters. The first-order valence-corrected chi connectivity index (χ1v) is 6.64. The van der Waals surface area contributed by atoms with Crippen molar-refractivity contribution in [2.45, 2.75) is 26.4 Å². The summed E-state index contributed by atoms with van der Waals surface area (Å²) < 4.78 is 5.00. The summed E-state index contributed by atoms with van der Waals surface area (Å²) in [5.41, 5.74) is -0.466. The van der Waals surface area contributed by atoms with Crippen molar-refractivity contribution in [1.29, 1.82) is 0 Å². The van der Waals surface area contributed by atoms with Crippen molar-refractivity contribution in [3.8, 4) is 5.75 Å². The van der Waals surface area contributed by atoms with Crippen LogP contribution < -0.4 is 10.1 Å². The molecule has 0 aliphatic carbocycles. The quantitative estimate of drug-likeness (QED) is 0.589. The first-order chi connectivity index (χ1) is 9.86. The minimum atomic E-state index is -0.692. The van der Waals surface area contributed by atoms with E-state index in [1.54, 1.807) is 0 Å². The lowest BCUT2D eigenvalue weighted by Gasteiger charge is -2.14. The summed E-state index contributed by atoms with van der Waals surface area (Å²) in [6, 6.07) is 4.16. The van der Waals surface area contributed by atoms with Gasteiger partial charge in [-0.2, -0.15) is 0 Å². The van der Waals surface area contributed by atoms with Crippen LogP contribution in [-0.4, -0.2) is 35.7 Å². The molecule has 2 N–H and O–H groups in total. The maximum atomic E-state index is 12.1. The standard InChI is InChI=1S/C14H20N2O5/c1-9(2)7-10(17)8-15-14(18)13-11(16(19)20)5-4-6-12(13)21-3/h4-6,9-10,17H,7-8H2,1-3H3,(H,15,18). The molecule has 1 aromatic rings. The maximum absolute atomic E-state index is 12.1. The van der Waals surface area contributed by atoms with Gasteiger partial charge in [0.1, 0.15) is 5.75 Å². The Morgan fingerprint density at radius 1 is 1.48 bits per heavy atom. The van der Waals surface area contributed by atoms with Crippen molar-refractivity contribution < 1.29 is 19.6 Å². The van der Waals surface area contributed by atoms with Crippen LogP contribution in [0.4, 0.5) is 5.69 Å². The highest BCUT2D eigenvalue weighted by molar-refractivity contribution is 6.00. The average molecular weight is 296 g/mol. The number of ether oxygens (including phenoxy) is 1. The van der Waals surface area contributed by atoms with Crippen LogP contribution in [-0.2, 0) is 0 Å². The normalized spacial score (nSPS) is 12.0. The Kier molecular flexibility index (Phi) is 6.10. The Morgan fingerprint density at radius 2 is 2.14 bits per heavy atom. The van der Waals surface area contributed by atoms with E-state index in [1.165, 1.54) is 25.3 Å². The number of nitro benzene ring substituents is 1. The lowest BCUT2D eigenvalue weighted by molar-refractivity contribution is -0.385. The molecule has 0 spiro atoms. The summed E-state index contributed by atoms with van der Waals surface area (Å²) in [5.74, 6) is -0.223. The van der Waals surface area contributed by atoms with E-state index in [-0.39, 0.29) is 29.5 Å². The van der Waals surface area contributed by atoms with E-state index in [1.807, 2.05) is 13.8 Å². The SMILES string of the molecule is COc1cccc([N+](=O)[O-])c1C(=O)NCC(O)CC(C)C. The van der Waals surface area contributed by atoms with Gasteiger partial charge in [-0.15, -0.1) is 0 Å². The first kappa shape index (κ1) is 16.9. The molecule has 0 radical (unpaired) electrons. The first-order valence-electron chi connectivity index (χ1n) is 6.64. The molecule has 1 atom stereocenters. The van der Waals surface area contributed by atoms with E-state index in [4.69, 9.17) is 4.74 Å². The van der Waals surface area contributed by atoms with Gasteiger partial charge in [-0.1, -0.05) is 19.9 Å². The van der Waals surface area contributed by atoms with Crippen LogP contribution in [0.5, 0.6) is 5.75 Å². The van der Waals surface area contributed by atoms with Crippen LogP contribution in [0, 0.1) is 16.0 Å². The molecule has 1 aromatic carbocycles. The smallest absolute Gasteiger partial charge is 0.285 e. The lowest BCUT2D eigenvalue weighted by Crippen LogP contribution is -2.33. The number of nitro groups is 1. The largest absolute Gasteiger partial charge is 0.496 e. The molecule has 1 amide bonds. The number of carbonyl (C=O) groups excluding carboxylic acids is 1. The van der Waals surface area contributed by atoms with Crippen molar-refractivity contribution in [2.24, 2.45) is 5.92 Å². The van der Waals surface area contributed by atoms with Gasteiger partial charge in [-0.05, 0) is 18.4 Å². The van der Waals surface area contributed by atoms with Gasteiger partial charge in [-0.25, -0.2) is 0 Å². The molecule has 0 saturated carbocycles. The molecule has 7 heteroatoms. The molecule has 21 heavy (non-hydrogen) atoms. The number of benzene rings is 1. The van der Waals surface area contributed by atoms with Crippen molar-refractivity contribution in [3.05, 3.63) is 33.9 Å². The van der Waals surface area contributed by atoms with Crippen LogP contribution >= 0.6 is 0 Å². The molecule has 116 valence electrons. The Morgan fingerprint density at radius 3 is 2.67 bits per heavy atom. The third kappa shape index (κ3) is 4.71. The number of hydrogen-bond acceptors (Lipinski definition) is 5. The Balaban J connectivity index is 2.89. The van der Waals surface area contributed by atoms with Gasteiger partial charge in [0.15, 0.2) is 5.56 Å². The molecule has 0 bridgehead atoms. The number of aliphatic hydroxyl groups excluding tert-OH is 1. The molecule has 0 heterocycles. The number of aliphatic hydroxyl groups is 1. The number of rotatable bonds is 7. The summed E-state index contributed by atoms with van der Waals surface area (Å²) in [6.07, 6.45) is -0.156. The minimum Gasteiger partial charge on any atom is -0.496 e. The highest BCUT2D eigenvalue weighted by atomic mass is 16.6. The van der Waals surface area contributed by atoms with Crippen molar-refractivity contribution in [1.82, 2.24) is 5.32 Å². The zero-order valence-corrected chi connectivity index (χ0v) is 12.3. The van der Waals surface area contributed by atoms with Gasteiger partial charge in [0, 0.05) is 12.6 Å². The molecular formula is C14H20N2O5. The van der Waals surface area contributed by atoms with Crippen LogP contribution in [0.25, 0.3) is 0 Å². The van der Waals surface area contributed by atoms with Gasteiger partial charge < -0.3 is 15.2 Å². The minimum absolute atomic E-state index is 0.0339. The van der Waals surface area contributed by atoms with Crippen LogP contribution in [0.1, 0.15) is 30.6 Å². The van der Waals surface area contributed by atoms with Gasteiger partial charge in [0.05, 0.1) is 18.1 Å². The summed E-state index contributed by atoms with van der Waals surface area (Å²) in [7, 11) is 1.34. The van der Waals surface area contributed by atoms with Gasteiger partial charge in [0.2, 0.25) is 0 Å². The second kappa shape index (κ2) is 7.58. The summed E-state index contributed by atoms with van der Waals surface area (Å²) in [4.78, 5) is 22.5. The zero-order valence-electron chi connectivity index (χ0n) is 12.3. The second-order valence-corrected chi connectivity index (χ2v) is 5.10. The average Bonchev–Trinajstić information content (AvgIpc) is 2.42. The van der Waals surface area contributed by atoms with Gasteiger partial charge >= 0.3 is 0 Å². The third-order valence-corrected chi connectivity index (χ3v) is 2.89. The molecule has 7 nitrogen and oxygen atoms in total. The fourth-order valence-electron chi connectivity index (χ4n) is 2.00. The van der Waals surface area contributed by atoms with E-state index in [0.29, 0.717) is 6.42 Å². The summed E-state index contributed by atoms with van der Waals surface area (Å²) in [6.45, 7) is 3.94. The Bertz CT molecular complexity index is 516. The number of carbonyl (C=O) groups is 1. The molecule has 0 saturated heterocycles. The Labute approximate surface area is 123 Å². The Hall–Kier alpha value is -2.15. The van der Waals surface area contributed by atoms with Gasteiger partial charge in [0.25, 0.3) is 11.6 Å². The second-order valence-electron chi connectivity index (χ2n) is 5.10. The summed E-state index contributed by atoms with van der Waals surface area (Å²) in [5, 5.41) is 23.2. The number of nitrogens with one attached hydrogen (secondary N) is 1. The number of hydrogen-bond donors (Lipinski definition) is 2. The number of methoxy groups -OCH3 is 1. The monoisotopic (exact) mass is 296 g/mol. The van der Waals surface area contributed by atoms with E-state index < -0.39 is 16.9 Å². The predicted molar refractivity (Wildman–Crippen MR) is 77.4 cm³/mol. The van der Waals surface area contributed by atoms with E-state index in [2.05, 4.69) is 5.32 Å². The van der Waals surface area contributed by atoms with E-state index in [0.717, 1.165) is 0 Å². The summed E-state index contributed by atoms with van der Waals surface area (Å²) >= 11 is 0. The van der Waals surface area contributed by atoms with Crippen molar-refractivity contribution in [3.63, 3.8) is 0 Å². The predicted octanol–water partition coefficient (Wildman–Crippen LogP) is 1.74. The van der Waals surface area contributed by atoms with Crippen molar-refractivity contribution >= 4 is 11.6 Å². The zero-order chi connectivity index (χ0) is 16.0. The molecule has 0 aliphatic heterocycles. The van der Waals surface area contributed by atoms with E-state index >= 15 is 0 Å². The molecular weight excluding hydrogens is 276 g/mol. The molecule has 0 fully saturated rings. The highest BCUT2D eigenvalue weighted by Gasteiger charge is 2.25. The van der Waals surface area contributed by atoms with Crippen molar-refractivity contribution in [2.75, 3.05) is 13.7 Å². The number of nitrogens with zero attached hydrogens (tertiary/aromatic N) is 1. The fourth-order valence-corrected chi connectivity index (χ4v) is 2.00. The maximum Gasteiger partial charge on any atom is 0.285 e. The fraction of sp³-hybridized carbons (Fsp3) is 0.500. The van der Waals surface area contributed by atoms with Gasteiger partial charge in [-0.3, -0.25) is 14.9 Å². The van der Waals surface area contributed by atoms with Crippen LogP contribution in [0.15, 0.2) is 18.2 Å². The van der Waals surface area contributed by atoms with Crippen LogP contribution in [0.2, 0.25) is 0 Å². The van der Waals surface area contributed by atoms with E-state index in [9.17, 15) is 20.0 Å².